The second-order valence-corrected chi connectivity index (χ2v) is 8.70. The summed E-state index contributed by atoms with van der Waals surface area (Å²) in [4.78, 5) is 12.2. The Balaban J connectivity index is 2.31. The fourth-order valence-electron chi connectivity index (χ4n) is 2.96. The molecule has 19 heavy (non-hydrogen) atoms. The van der Waals surface area contributed by atoms with Gasteiger partial charge in [-0.15, -0.1) is 0 Å². The van der Waals surface area contributed by atoms with E-state index in [-0.39, 0.29) is 10.9 Å². The molecule has 1 unspecified atom stereocenters. The van der Waals surface area contributed by atoms with Crippen molar-refractivity contribution in [1.82, 2.24) is 4.31 Å². The minimum absolute atomic E-state index is 0.0704. The Hall–Kier alpha value is -0.690. The van der Waals surface area contributed by atoms with Crippen molar-refractivity contribution in [2.45, 2.75) is 56.7 Å². The van der Waals surface area contributed by atoms with Gasteiger partial charge in [0, 0.05) is 0 Å². The van der Waals surface area contributed by atoms with Crippen LogP contribution in [0.2, 0.25) is 0 Å². The van der Waals surface area contributed by atoms with Crippen LogP contribution >= 0.6 is 12.2 Å². The number of carbonyl (C=O) groups excluding carboxylic acids is 1. The summed E-state index contributed by atoms with van der Waals surface area (Å²) in [6, 6.07) is -0.638. The van der Waals surface area contributed by atoms with Crippen LogP contribution in [0, 0.1) is 5.92 Å². The zero-order valence-electron chi connectivity index (χ0n) is 11.3. The van der Waals surface area contributed by atoms with Crippen LogP contribution in [0.5, 0.6) is 0 Å². The van der Waals surface area contributed by atoms with Gasteiger partial charge in [-0.3, -0.25) is 4.79 Å². The predicted octanol–water partition coefficient (Wildman–Crippen LogP) is 1.17. The molecule has 0 radical (unpaired) electrons. The smallest absolute Gasteiger partial charge is 0.259 e. The molecule has 1 saturated heterocycles. The normalized spacial score (nSPS) is 27.7. The Bertz CT molecular complexity index is 507. The van der Waals surface area contributed by atoms with Gasteiger partial charge in [-0.05, 0) is 32.6 Å². The lowest BCUT2D eigenvalue weighted by molar-refractivity contribution is -0.133. The third-order valence-electron chi connectivity index (χ3n) is 4.26. The van der Waals surface area contributed by atoms with Gasteiger partial charge in [-0.2, -0.15) is 0 Å². The van der Waals surface area contributed by atoms with E-state index < -0.39 is 26.7 Å². The number of nitrogens with zero attached hydrogens (tertiary/aromatic N) is 1. The summed E-state index contributed by atoms with van der Waals surface area (Å²) in [5.41, 5.74) is 5.72. The van der Waals surface area contributed by atoms with Crippen molar-refractivity contribution in [2.75, 3.05) is 0 Å². The molecule has 1 amide bonds. The molecule has 2 N–H and O–H groups in total. The molecular formula is C12H20N2O3S2. The lowest BCUT2D eigenvalue weighted by atomic mass is 9.83. The van der Waals surface area contributed by atoms with Crippen LogP contribution < -0.4 is 5.73 Å². The highest BCUT2D eigenvalue weighted by molar-refractivity contribution is 7.94. The fraction of sp³-hybridized carbons (Fsp3) is 0.833. The number of hydrogen-bond acceptors (Lipinski definition) is 4. The number of rotatable bonds is 3. The van der Waals surface area contributed by atoms with E-state index in [1.165, 1.54) is 13.8 Å². The van der Waals surface area contributed by atoms with Gasteiger partial charge in [0.25, 0.3) is 15.9 Å². The number of hydrogen-bond donors (Lipinski definition) is 1. The molecule has 0 aromatic rings. The molecule has 5 nitrogen and oxygen atoms in total. The fourth-order valence-corrected chi connectivity index (χ4v) is 5.03. The molecule has 2 rings (SSSR count). The lowest BCUT2D eigenvalue weighted by Crippen LogP contribution is -2.72. The first-order valence-corrected chi connectivity index (χ1v) is 8.44. The van der Waals surface area contributed by atoms with Gasteiger partial charge in [0.1, 0.15) is 6.04 Å². The molecule has 7 heteroatoms. The summed E-state index contributed by atoms with van der Waals surface area (Å²) >= 11 is 5.02. The van der Waals surface area contributed by atoms with Crippen LogP contribution in [0.25, 0.3) is 0 Å². The van der Waals surface area contributed by atoms with E-state index in [2.05, 4.69) is 0 Å². The van der Waals surface area contributed by atoms with Crippen LogP contribution in [0.1, 0.15) is 46.0 Å². The van der Waals surface area contributed by atoms with E-state index >= 15 is 0 Å². The Labute approximate surface area is 119 Å². The molecule has 0 bridgehead atoms. The summed E-state index contributed by atoms with van der Waals surface area (Å²) in [5, 5.41) is 0. The van der Waals surface area contributed by atoms with Crippen LogP contribution in [0.15, 0.2) is 0 Å². The van der Waals surface area contributed by atoms with Crippen molar-refractivity contribution in [3.63, 3.8) is 0 Å². The van der Waals surface area contributed by atoms with Crippen molar-refractivity contribution in [1.29, 1.82) is 0 Å². The topological polar surface area (TPSA) is 80.5 Å². The van der Waals surface area contributed by atoms with Gasteiger partial charge >= 0.3 is 0 Å². The van der Waals surface area contributed by atoms with Gasteiger partial charge in [0.15, 0.2) is 4.75 Å². The predicted molar refractivity (Wildman–Crippen MR) is 77.0 cm³/mol. The van der Waals surface area contributed by atoms with E-state index in [0.29, 0.717) is 0 Å². The first-order valence-electron chi connectivity index (χ1n) is 6.59. The Morgan fingerprint density at radius 2 is 1.89 bits per heavy atom. The molecular weight excluding hydrogens is 284 g/mol. The quantitative estimate of drug-likeness (QED) is 0.792. The van der Waals surface area contributed by atoms with E-state index in [1.54, 1.807) is 0 Å². The van der Waals surface area contributed by atoms with E-state index in [9.17, 15) is 13.2 Å². The third kappa shape index (κ3) is 2.07. The molecule has 1 atom stereocenters. The van der Waals surface area contributed by atoms with Crippen molar-refractivity contribution >= 4 is 33.1 Å². The van der Waals surface area contributed by atoms with Crippen LogP contribution in [-0.2, 0) is 14.8 Å². The average Bonchev–Trinajstić information content (AvgIpc) is 2.35. The Kier molecular flexibility index (Phi) is 3.64. The van der Waals surface area contributed by atoms with Crippen molar-refractivity contribution in [2.24, 2.45) is 11.7 Å². The molecule has 2 fully saturated rings. The molecule has 1 aliphatic carbocycles. The van der Waals surface area contributed by atoms with Gasteiger partial charge in [-0.25, -0.2) is 12.7 Å². The third-order valence-corrected chi connectivity index (χ3v) is 6.88. The number of thiocarbonyl (C=S) groups is 1. The average molecular weight is 304 g/mol. The van der Waals surface area contributed by atoms with Crippen LogP contribution in [0.4, 0.5) is 0 Å². The van der Waals surface area contributed by atoms with Crippen LogP contribution in [-0.4, -0.2) is 34.4 Å². The van der Waals surface area contributed by atoms with E-state index in [4.69, 9.17) is 18.0 Å². The minimum atomic E-state index is -3.63. The largest absolute Gasteiger partial charge is 0.392 e. The van der Waals surface area contributed by atoms with E-state index in [1.807, 2.05) is 0 Å². The molecule has 108 valence electrons. The maximum absolute atomic E-state index is 12.3. The molecule has 1 saturated carbocycles. The minimum Gasteiger partial charge on any atom is -0.392 e. The zero-order valence-corrected chi connectivity index (χ0v) is 12.9. The molecule has 2 aliphatic rings. The van der Waals surface area contributed by atoms with Crippen LogP contribution in [0.3, 0.4) is 0 Å². The second-order valence-electron chi connectivity index (χ2n) is 5.86. The highest BCUT2D eigenvalue weighted by Crippen LogP contribution is 2.41. The monoisotopic (exact) mass is 304 g/mol. The van der Waals surface area contributed by atoms with Gasteiger partial charge in [0.2, 0.25) is 0 Å². The Morgan fingerprint density at radius 1 is 1.37 bits per heavy atom. The number of amides is 1. The van der Waals surface area contributed by atoms with Crippen molar-refractivity contribution in [3.8, 4) is 0 Å². The maximum Gasteiger partial charge on any atom is 0.259 e. The molecule has 1 heterocycles. The second kappa shape index (κ2) is 4.70. The molecule has 1 aliphatic heterocycles. The van der Waals surface area contributed by atoms with Gasteiger partial charge in [-0.1, -0.05) is 31.5 Å². The lowest BCUT2D eigenvalue weighted by Gasteiger charge is -2.49. The van der Waals surface area contributed by atoms with E-state index in [0.717, 1.165) is 36.4 Å². The Morgan fingerprint density at radius 3 is 2.32 bits per heavy atom. The number of nitrogens with two attached hydrogens (primary N) is 1. The number of carbonyl (C=O) groups is 1. The summed E-state index contributed by atoms with van der Waals surface area (Å²) < 4.78 is 24.1. The molecule has 0 aromatic carbocycles. The maximum atomic E-state index is 12.3. The first-order chi connectivity index (χ1) is 8.71. The van der Waals surface area contributed by atoms with Gasteiger partial charge in [0.05, 0.1) is 4.99 Å². The van der Waals surface area contributed by atoms with Crippen molar-refractivity contribution in [3.05, 3.63) is 0 Å². The molecule has 0 aromatic heterocycles. The summed E-state index contributed by atoms with van der Waals surface area (Å²) in [6.45, 7) is 2.86. The van der Waals surface area contributed by atoms with Gasteiger partial charge < -0.3 is 5.73 Å². The standard InChI is InChI=1S/C12H20N2O3S2/c1-12(2)11(15)14(19(12,16)17)9(10(13)18)8-6-4-3-5-7-8/h8-9H,3-7H2,1-2H3,(H2,13,18). The SMILES string of the molecule is CC1(C)C(=O)N(C(C(N)=S)C2CCCCC2)S1(=O)=O. The molecule has 0 spiro atoms. The summed E-state index contributed by atoms with van der Waals surface area (Å²) in [7, 11) is -3.63. The highest BCUT2D eigenvalue weighted by Gasteiger charge is 2.63. The zero-order chi connectivity index (χ0) is 14.4. The highest BCUT2D eigenvalue weighted by atomic mass is 32.2. The summed E-state index contributed by atoms with van der Waals surface area (Å²) in [6.07, 6.45) is 4.97. The van der Waals surface area contributed by atoms with Crippen molar-refractivity contribution < 1.29 is 13.2 Å². The summed E-state index contributed by atoms with van der Waals surface area (Å²) in [5.74, 6) is -0.322. The first kappa shape index (κ1) is 14.7. The number of sulfonamides is 1.